The maximum atomic E-state index is 15.0. The Balaban J connectivity index is 1.81. The van der Waals surface area contributed by atoms with Crippen LogP contribution in [0.25, 0.3) is 21.5 Å². The van der Waals surface area contributed by atoms with Crippen molar-refractivity contribution in [3.63, 3.8) is 0 Å². The molecule has 0 radical (unpaired) electrons. The molecule has 0 aliphatic rings. The van der Waals surface area contributed by atoms with E-state index in [-0.39, 0.29) is 22.3 Å². The molecule has 0 bridgehead atoms. The molecule has 9 nitrogen and oxygen atoms in total. The van der Waals surface area contributed by atoms with Crippen LogP contribution in [-0.2, 0) is 47.7 Å². The fourth-order valence-corrected chi connectivity index (χ4v) is 5.86. The molecule has 0 fully saturated rings. The van der Waals surface area contributed by atoms with Crippen molar-refractivity contribution in [1.82, 2.24) is 13.7 Å². The normalized spacial score (nSPS) is 12.5. The second-order valence-corrected chi connectivity index (χ2v) is 10.9. The minimum absolute atomic E-state index is 0.154. The van der Waals surface area contributed by atoms with Crippen LogP contribution in [0.5, 0.6) is 0 Å². The highest BCUT2D eigenvalue weighted by Crippen LogP contribution is 2.37. The van der Waals surface area contributed by atoms with E-state index in [1.165, 1.54) is 43.3 Å². The summed E-state index contributed by atoms with van der Waals surface area (Å²) >= 11 is 1.83. The summed E-state index contributed by atoms with van der Waals surface area (Å²) in [6.45, 7) is 2.44. The number of hydrogen-bond donors (Lipinski definition) is 0. The summed E-state index contributed by atoms with van der Waals surface area (Å²) in [5.74, 6) is -5.74. The number of carbonyl (C=O) groups is 2. The van der Waals surface area contributed by atoms with Crippen LogP contribution in [0.2, 0.25) is 0 Å². The standard InChI is InChI=1S/C25H21F5N4O5S2/c1-11(2)22(37)39-10-34-15(13-5-6-14(26)18(19(13)27)25(28,29)30)9-41-23(34)31-16(35)7-12-8-40-21-17(12)20(36)32(3)24(38)33(21)4/h5-6,8-9,11H,7,10H2,1-4H3. The zero-order chi connectivity index (χ0) is 30.4. The first-order valence-corrected chi connectivity index (χ1v) is 13.5. The van der Waals surface area contributed by atoms with E-state index in [2.05, 4.69) is 4.99 Å². The third-order valence-electron chi connectivity index (χ3n) is 6.06. The van der Waals surface area contributed by atoms with Crippen LogP contribution in [0.4, 0.5) is 22.0 Å². The highest BCUT2D eigenvalue weighted by atomic mass is 32.1. The zero-order valence-electron chi connectivity index (χ0n) is 21.8. The molecule has 3 heterocycles. The third-order valence-corrected chi connectivity index (χ3v) is 8.03. The van der Waals surface area contributed by atoms with Gasteiger partial charge in [-0.2, -0.15) is 18.2 Å². The summed E-state index contributed by atoms with van der Waals surface area (Å²) in [4.78, 5) is 54.2. The van der Waals surface area contributed by atoms with Crippen LogP contribution in [0.1, 0.15) is 25.0 Å². The van der Waals surface area contributed by atoms with Crippen LogP contribution in [0.3, 0.4) is 0 Å². The number of fused-ring (bicyclic) bond motifs is 1. The first-order chi connectivity index (χ1) is 19.1. The molecule has 0 unspecified atom stereocenters. The number of ether oxygens (including phenoxy) is 1. The van der Waals surface area contributed by atoms with Crippen molar-refractivity contribution < 1.29 is 36.3 Å². The quantitative estimate of drug-likeness (QED) is 0.241. The van der Waals surface area contributed by atoms with Gasteiger partial charge < -0.3 is 4.74 Å². The first-order valence-electron chi connectivity index (χ1n) is 11.8. The molecule has 1 aromatic carbocycles. The number of halogens is 5. The maximum Gasteiger partial charge on any atom is 0.422 e. The second kappa shape index (κ2) is 11.2. The van der Waals surface area contributed by atoms with Crippen LogP contribution in [0.15, 0.2) is 37.5 Å². The van der Waals surface area contributed by atoms with Crippen LogP contribution in [0, 0.1) is 17.6 Å². The molecule has 1 amide bonds. The topological polar surface area (TPSA) is 105 Å². The number of benzene rings is 1. The molecule has 4 aromatic rings. The van der Waals surface area contributed by atoms with Crippen molar-refractivity contribution in [2.75, 3.05) is 0 Å². The van der Waals surface area contributed by atoms with Gasteiger partial charge in [0.05, 0.1) is 23.4 Å². The van der Waals surface area contributed by atoms with Crippen LogP contribution in [-0.4, -0.2) is 25.6 Å². The SMILES string of the molecule is CC(C)C(=O)OCn1c(-c2ccc(F)c(C(F)(F)F)c2F)csc1=NC(=O)Cc1csc2c1c(=O)n(C)c(=O)n2C. The van der Waals surface area contributed by atoms with Gasteiger partial charge in [-0.15, -0.1) is 22.7 Å². The molecule has 41 heavy (non-hydrogen) atoms. The molecule has 0 aliphatic carbocycles. The minimum Gasteiger partial charge on any atom is -0.444 e. The van der Waals surface area contributed by atoms with Crippen LogP contribution < -0.4 is 16.1 Å². The molecule has 16 heteroatoms. The van der Waals surface area contributed by atoms with Gasteiger partial charge in [-0.1, -0.05) is 13.8 Å². The molecule has 0 saturated carbocycles. The Bertz CT molecular complexity index is 1880. The number of aryl methyl sites for hydroxylation is 1. The molecule has 0 atom stereocenters. The van der Waals surface area contributed by atoms with Crippen molar-refractivity contribution >= 4 is 44.8 Å². The number of thiazole rings is 1. The molecule has 0 spiro atoms. The predicted octanol–water partition coefficient (Wildman–Crippen LogP) is 3.95. The monoisotopic (exact) mass is 616 g/mol. The number of carbonyl (C=O) groups excluding carboxylic acids is 2. The summed E-state index contributed by atoms with van der Waals surface area (Å²) in [5, 5.41) is 2.88. The lowest BCUT2D eigenvalue weighted by molar-refractivity contribution is -0.151. The van der Waals surface area contributed by atoms with Gasteiger partial charge in [-0.05, 0) is 23.1 Å². The number of thiophene rings is 1. The van der Waals surface area contributed by atoms with Gasteiger partial charge in [0.15, 0.2) is 11.5 Å². The second-order valence-electron chi connectivity index (χ2n) is 9.19. The Morgan fingerprint density at radius 2 is 1.73 bits per heavy atom. The Morgan fingerprint density at radius 3 is 2.37 bits per heavy atom. The lowest BCUT2D eigenvalue weighted by Crippen LogP contribution is -2.36. The van der Waals surface area contributed by atoms with E-state index in [1.807, 2.05) is 0 Å². The summed E-state index contributed by atoms with van der Waals surface area (Å²) in [7, 11) is 2.77. The fraction of sp³-hybridized carbons (Fsp3) is 0.320. The van der Waals surface area contributed by atoms with Gasteiger partial charge >= 0.3 is 17.8 Å². The molecular formula is C25H21F5N4O5S2. The van der Waals surface area contributed by atoms with E-state index >= 15 is 0 Å². The average Bonchev–Trinajstić information content (AvgIpc) is 3.48. The molecule has 0 N–H and O–H groups in total. The number of alkyl halides is 3. The Hall–Kier alpha value is -3.92. The number of hydrogen-bond acceptors (Lipinski definition) is 7. The fourth-order valence-electron chi connectivity index (χ4n) is 3.93. The highest BCUT2D eigenvalue weighted by Gasteiger charge is 2.39. The van der Waals surface area contributed by atoms with Crippen LogP contribution >= 0.6 is 22.7 Å². The van der Waals surface area contributed by atoms with Gasteiger partial charge in [-0.3, -0.25) is 28.1 Å². The van der Waals surface area contributed by atoms with Crippen molar-refractivity contribution in [2.45, 2.75) is 33.2 Å². The molecule has 3 aromatic heterocycles. The summed E-state index contributed by atoms with van der Waals surface area (Å²) < 4.78 is 77.4. The molecule has 0 saturated heterocycles. The smallest absolute Gasteiger partial charge is 0.422 e. The molecule has 218 valence electrons. The van der Waals surface area contributed by atoms with Gasteiger partial charge in [0.2, 0.25) is 0 Å². The number of nitrogens with zero attached hydrogens (tertiary/aromatic N) is 4. The predicted molar refractivity (Wildman–Crippen MR) is 140 cm³/mol. The van der Waals surface area contributed by atoms with Gasteiger partial charge in [-0.25, -0.2) is 13.6 Å². The zero-order valence-corrected chi connectivity index (χ0v) is 23.5. The van der Waals surface area contributed by atoms with Crippen molar-refractivity contribution in [3.8, 4) is 11.3 Å². The first kappa shape index (κ1) is 30.0. The van der Waals surface area contributed by atoms with E-state index < -0.39 is 64.7 Å². The Labute approximate surface area is 235 Å². The summed E-state index contributed by atoms with van der Waals surface area (Å²) in [6.07, 6.45) is -5.71. The van der Waals surface area contributed by atoms with E-state index in [9.17, 15) is 41.1 Å². The lowest BCUT2D eigenvalue weighted by Gasteiger charge is -2.15. The Kier molecular flexibility index (Phi) is 8.18. The summed E-state index contributed by atoms with van der Waals surface area (Å²) in [5.41, 5.74) is -3.85. The largest absolute Gasteiger partial charge is 0.444 e. The number of rotatable bonds is 6. The van der Waals surface area contributed by atoms with Crippen molar-refractivity contribution in [2.24, 2.45) is 25.0 Å². The maximum absolute atomic E-state index is 15.0. The lowest BCUT2D eigenvalue weighted by atomic mass is 10.1. The Morgan fingerprint density at radius 1 is 1.05 bits per heavy atom. The van der Waals surface area contributed by atoms with E-state index in [4.69, 9.17) is 4.74 Å². The highest BCUT2D eigenvalue weighted by molar-refractivity contribution is 7.17. The molecular weight excluding hydrogens is 595 g/mol. The third kappa shape index (κ3) is 5.66. The van der Waals surface area contributed by atoms with Crippen molar-refractivity contribution in [3.05, 3.63) is 71.3 Å². The number of aromatic nitrogens is 3. The van der Waals surface area contributed by atoms with Gasteiger partial charge in [0, 0.05) is 25.0 Å². The molecule has 4 rings (SSSR count). The summed E-state index contributed by atoms with van der Waals surface area (Å²) in [6, 6.07) is 1.26. The van der Waals surface area contributed by atoms with E-state index in [0.29, 0.717) is 16.5 Å². The van der Waals surface area contributed by atoms with E-state index in [1.54, 1.807) is 0 Å². The average molecular weight is 617 g/mol. The molecule has 0 aliphatic heterocycles. The minimum atomic E-state index is -5.33. The van der Waals surface area contributed by atoms with Gasteiger partial charge in [0.25, 0.3) is 11.5 Å². The van der Waals surface area contributed by atoms with Gasteiger partial charge in [0.1, 0.15) is 22.0 Å². The van der Waals surface area contributed by atoms with Crippen molar-refractivity contribution in [1.29, 1.82) is 0 Å². The number of amides is 1. The van der Waals surface area contributed by atoms with E-state index in [0.717, 1.165) is 37.9 Å². The number of esters is 1.